The van der Waals surface area contributed by atoms with E-state index in [9.17, 15) is 14.4 Å². The largest absolute Gasteiger partial charge is 0.466 e. The Morgan fingerprint density at radius 2 is 1.75 bits per heavy atom. The summed E-state index contributed by atoms with van der Waals surface area (Å²) in [6, 6.07) is 14.2. The van der Waals surface area contributed by atoms with Gasteiger partial charge in [-0.2, -0.15) is 5.10 Å². The second kappa shape index (κ2) is 8.47. The van der Waals surface area contributed by atoms with Crippen LogP contribution in [0.1, 0.15) is 18.2 Å². The Hall–Kier alpha value is -3.48. The highest BCUT2D eigenvalue weighted by Crippen LogP contribution is 2.14. The fraction of sp³-hybridized carbons (Fsp3) is 0.238. The molecule has 0 bridgehead atoms. The number of ether oxygens (including phenoxy) is 1. The Labute approximate surface area is 161 Å². The molecule has 1 N–H and O–H groups in total. The lowest BCUT2D eigenvalue weighted by molar-refractivity contribution is -0.142. The second-order valence-electron chi connectivity index (χ2n) is 6.35. The molecule has 0 aliphatic heterocycles. The maximum absolute atomic E-state index is 12.7. The number of nitrogens with zero attached hydrogens (tertiary/aromatic N) is 2. The molecule has 1 heterocycles. The maximum Gasteiger partial charge on any atom is 0.311 e. The fourth-order valence-electron chi connectivity index (χ4n) is 2.87. The molecule has 0 saturated carbocycles. The number of carbonyl (C=O) groups excluding carboxylic acids is 2. The molecule has 0 aliphatic carbocycles. The molecule has 0 fully saturated rings. The highest BCUT2D eigenvalue weighted by molar-refractivity contribution is 5.91. The van der Waals surface area contributed by atoms with Crippen LogP contribution in [0.4, 0.5) is 5.69 Å². The topological polar surface area (TPSA) is 90.3 Å². The molecule has 0 aliphatic rings. The fourth-order valence-corrected chi connectivity index (χ4v) is 2.87. The summed E-state index contributed by atoms with van der Waals surface area (Å²) in [6.45, 7) is 3.68. The number of anilines is 1. The number of amides is 1. The van der Waals surface area contributed by atoms with Gasteiger partial charge in [-0.1, -0.05) is 35.9 Å². The minimum atomic E-state index is -0.436. The van der Waals surface area contributed by atoms with Crippen LogP contribution in [0.15, 0.2) is 53.3 Å². The number of fused-ring (bicyclic) bond motifs is 1. The van der Waals surface area contributed by atoms with Gasteiger partial charge in [0.1, 0.15) is 6.54 Å². The lowest BCUT2D eigenvalue weighted by atomic mass is 10.1. The Kier molecular flexibility index (Phi) is 5.84. The molecule has 0 atom stereocenters. The van der Waals surface area contributed by atoms with Crippen molar-refractivity contribution in [3.05, 3.63) is 70.1 Å². The minimum absolute atomic E-state index is 0.0752. The summed E-state index contributed by atoms with van der Waals surface area (Å²) in [4.78, 5) is 37.0. The van der Waals surface area contributed by atoms with Crippen LogP contribution in [0.5, 0.6) is 0 Å². The molecule has 2 aromatic carbocycles. The van der Waals surface area contributed by atoms with Crippen LogP contribution >= 0.6 is 0 Å². The van der Waals surface area contributed by atoms with Gasteiger partial charge in [0.05, 0.1) is 24.1 Å². The lowest BCUT2D eigenvalue weighted by Gasteiger charge is -2.11. The number of aryl methyl sites for hydroxylation is 1. The van der Waals surface area contributed by atoms with E-state index in [4.69, 9.17) is 4.74 Å². The van der Waals surface area contributed by atoms with Gasteiger partial charge in [0.2, 0.25) is 5.91 Å². The molecule has 144 valence electrons. The first kappa shape index (κ1) is 19.3. The first-order chi connectivity index (χ1) is 13.5. The SMILES string of the molecule is CCOC(=O)Cc1nn(CC(=O)Nc2ccc(C)cc2)c(=O)c2ccccc12. The molecule has 28 heavy (non-hydrogen) atoms. The van der Waals surface area contributed by atoms with E-state index in [0.29, 0.717) is 22.2 Å². The highest BCUT2D eigenvalue weighted by Gasteiger charge is 2.15. The third-order valence-corrected chi connectivity index (χ3v) is 4.19. The number of aromatic nitrogens is 2. The average molecular weight is 379 g/mol. The lowest BCUT2D eigenvalue weighted by Crippen LogP contribution is -2.31. The number of hydrogen-bond donors (Lipinski definition) is 1. The monoisotopic (exact) mass is 379 g/mol. The summed E-state index contributed by atoms with van der Waals surface area (Å²) in [6.07, 6.45) is -0.0752. The third kappa shape index (κ3) is 4.43. The highest BCUT2D eigenvalue weighted by atomic mass is 16.5. The van der Waals surface area contributed by atoms with E-state index < -0.39 is 5.97 Å². The third-order valence-electron chi connectivity index (χ3n) is 4.19. The molecule has 0 unspecified atom stereocenters. The zero-order valence-corrected chi connectivity index (χ0v) is 15.8. The normalized spacial score (nSPS) is 10.6. The molecule has 7 nitrogen and oxygen atoms in total. The van der Waals surface area contributed by atoms with Crippen molar-refractivity contribution in [1.29, 1.82) is 0 Å². The summed E-state index contributed by atoms with van der Waals surface area (Å²) in [5.74, 6) is -0.815. The predicted octanol–water partition coefficient (Wildman–Crippen LogP) is 2.45. The summed E-state index contributed by atoms with van der Waals surface area (Å²) in [5.41, 5.74) is 1.73. The van der Waals surface area contributed by atoms with Crippen LogP contribution in [0.25, 0.3) is 10.8 Å². The van der Waals surface area contributed by atoms with E-state index in [1.54, 1.807) is 43.3 Å². The molecular weight excluding hydrogens is 358 g/mol. The van der Waals surface area contributed by atoms with Crippen molar-refractivity contribution in [3.63, 3.8) is 0 Å². The second-order valence-corrected chi connectivity index (χ2v) is 6.35. The zero-order valence-electron chi connectivity index (χ0n) is 15.8. The number of esters is 1. The molecule has 0 spiro atoms. The molecule has 1 amide bonds. The van der Waals surface area contributed by atoms with Crippen LogP contribution in [0.3, 0.4) is 0 Å². The van der Waals surface area contributed by atoms with Gasteiger partial charge in [0.15, 0.2) is 0 Å². The van der Waals surface area contributed by atoms with Gasteiger partial charge in [-0.3, -0.25) is 14.4 Å². The Bertz CT molecular complexity index is 1070. The van der Waals surface area contributed by atoms with Crippen LogP contribution in [0, 0.1) is 6.92 Å². The molecular formula is C21H21N3O4. The first-order valence-electron chi connectivity index (χ1n) is 8.99. The molecule has 3 aromatic rings. The molecule has 0 radical (unpaired) electrons. The Morgan fingerprint density at radius 3 is 2.43 bits per heavy atom. The number of hydrogen-bond acceptors (Lipinski definition) is 5. The quantitative estimate of drug-likeness (QED) is 0.665. The number of benzene rings is 2. The van der Waals surface area contributed by atoms with Gasteiger partial charge in [-0.15, -0.1) is 0 Å². The molecule has 3 rings (SSSR count). The standard InChI is InChI=1S/C21H21N3O4/c1-3-28-20(26)12-18-16-6-4-5-7-17(16)21(27)24(23-18)13-19(25)22-15-10-8-14(2)9-11-15/h4-11H,3,12-13H2,1-2H3,(H,22,25). The maximum atomic E-state index is 12.7. The van der Waals surface area contributed by atoms with Gasteiger partial charge in [-0.05, 0) is 32.0 Å². The van der Waals surface area contributed by atoms with Crippen molar-refractivity contribution in [2.24, 2.45) is 0 Å². The Balaban J connectivity index is 1.90. The van der Waals surface area contributed by atoms with Crippen LogP contribution in [-0.2, 0) is 27.3 Å². The van der Waals surface area contributed by atoms with Crippen LogP contribution in [0.2, 0.25) is 0 Å². The van der Waals surface area contributed by atoms with Crippen molar-refractivity contribution in [2.45, 2.75) is 26.8 Å². The van der Waals surface area contributed by atoms with Crippen molar-refractivity contribution < 1.29 is 14.3 Å². The van der Waals surface area contributed by atoms with Gasteiger partial charge in [-0.25, -0.2) is 4.68 Å². The number of nitrogens with one attached hydrogen (secondary N) is 1. The molecule has 1 aromatic heterocycles. The van der Waals surface area contributed by atoms with E-state index >= 15 is 0 Å². The minimum Gasteiger partial charge on any atom is -0.466 e. The smallest absolute Gasteiger partial charge is 0.311 e. The van der Waals surface area contributed by atoms with Crippen LogP contribution < -0.4 is 10.9 Å². The van der Waals surface area contributed by atoms with Crippen molar-refractivity contribution in [1.82, 2.24) is 9.78 Å². The van der Waals surface area contributed by atoms with E-state index in [1.165, 1.54) is 0 Å². The number of rotatable bonds is 6. The van der Waals surface area contributed by atoms with Gasteiger partial charge < -0.3 is 10.1 Å². The summed E-state index contributed by atoms with van der Waals surface area (Å²) >= 11 is 0. The Morgan fingerprint density at radius 1 is 1.07 bits per heavy atom. The van der Waals surface area contributed by atoms with Gasteiger partial charge >= 0.3 is 5.97 Å². The van der Waals surface area contributed by atoms with E-state index in [-0.39, 0.29) is 31.0 Å². The average Bonchev–Trinajstić information content (AvgIpc) is 2.67. The van der Waals surface area contributed by atoms with Gasteiger partial charge in [0, 0.05) is 11.1 Å². The molecule has 0 saturated heterocycles. The van der Waals surface area contributed by atoms with E-state index in [2.05, 4.69) is 10.4 Å². The van der Waals surface area contributed by atoms with Crippen molar-refractivity contribution in [3.8, 4) is 0 Å². The summed E-state index contributed by atoms with van der Waals surface area (Å²) in [5, 5.41) is 7.99. The summed E-state index contributed by atoms with van der Waals surface area (Å²) < 4.78 is 6.07. The number of carbonyl (C=O) groups is 2. The zero-order chi connectivity index (χ0) is 20.1. The summed E-state index contributed by atoms with van der Waals surface area (Å²) in [7, 11) is 0. The first-order valence-corrected chi connectivity index (χ1v) is 8.99. The van der Waals surface area contributed by atoms with E-state index in [0.717, 1.165) is 10.2 Å². The predicted molar refractivity (Wildman–Crippen MR) is 106 cm³/mol. The van der Waals surface area contributed by atoms with Crippen molar-refractivity contribution >= 4 is 28.3 Å². The van der Waals surface area contributed by atoms with Crippen LogP contribution in [-0.4, -0.2) is 28.3 Å². The van der Waals surface area contributed by atoms with Gasteiger partial charge in [0.25, 0.3) is 5.56 Å². The van der Waals surface area contributed by atoms with Crippen molar-refractivity contribution in [2.75, 3.05) is 11.9 Å². The van der Waals surface area contributed by atoms with E-state index in [1.807, 2.05) is 19.1 Å². The molecule has 7 heteroatoms.